The van der Waals surface area contributed by atoms with Gasteiger partial charge >= 0.3 is 0 Å². The average molecular weight is 575 g/mol. The van der Waals surface area contributed by atoms with Crippen LogP contribution >= 0.6 is 28.1 Å². The molecule has 0 aliphatic carbocycles. The van der Waals surface area contributed by atoms with Crippen LogP contribution in [0.2, 0.25) is 0 Å². The third-order valence-electron chi connectivity index (χ3n) is 6.97. The first-order chi connectivity index (χ1) is 18.0. The SMILES string of the molecule is COc1ccc(NC(=S)c2c(-c3ccc(F)cc3)c3c4n(c(-c5ccc(Br)cc5)cn24)CCCC3)cc1. The maximum atomic E-state index is 13.9. The van der Waals surface area contributed by atoms with E-state index in [2.05, 4.69) is 60.7 Å². The number of hydrogen-bond acceptors (Lipinski definition) is 2. The van der Waals surface area contributed by atoms with E-state index in [0.29, 0.717) is 4.99 Å². The standard InChI is InChI=1S/C30H25BrFN3OS/c1-36-24-15-13-23(14-16-24)33-29(37)28-27(20-7-11-22(32)12-8-20)25-4-2-3-17-34-26(18-35(28)30(25)34)19-5-9-21(31)10-6-19/h5-16,18H,2-4,17H2,1H3,(H,33,37). The van der Waals surface area contributed by atoms with E-state index in [1.165, 1.54) is 17.7 Å². The molecule has 0 spiro atoms. The van der Waals surface area contributed by atoms with Crippen molar-refractivity contribution in [1.82, 2.24) is 8.97 Å². The number of methoxy groups -OCH3 is 1. The van der Waals surface area contributed by atoms with Gasteiger partial charge in [0.25, 0.3) is 0 Å². The quantitative estimate of drug-likeness (QED) is 0.215. The number of rotatable bonds is 5. The lowest BCUT2D eigenvalue weighted by Gasteiger charge is -2.12. The second kappa shape index (κ2) is 9.80. The van der Waals surface area contributed by atoms with Crippen LogP contribution in [0.1, 0.15) is 24.1 Å². The van der Waals surface area contributed by atoms with Gasteiger partial charge in [-0.05, 0) is 78.9 Å². The second-order valence-corrected chi connectivity index (χ2v) is 10.5. The summed E-state index contributed by atoms with van der Waals surface area (Å²) in [6.45, 7) is 0.930. The van der Waals surface area contributed by atoms with Gasteiger partial charge in [-0.3, -0.25) is 4.40 Å². The second-order valence-electron chi connectivity index (χ2n) is 9.22. The van der Waals surface area contributed by atoms with Crippen molar-refractivity contribution in [2.45, 2.75) is 25.8 Å². The molecular formula is C30H25BrFN3OS. The normalized spacial score (nSPS) is 12.9. The van der Waals surface area contributed by atoms with Crippen LogP contribution in [0, 0.1) is 5.82 Å². The lowest BCUT2D eigenvalue weighted by atomic mass is 9.98. The Morgan fingerprint density at radius 1 is 0.946 bits per heavy atom. The molecule has 0 saturated carbocycles. The molecule has 0 amide bonds. The summed E-state index contributed by atoms with van der Waals surface area (Å²) >= 11 is 9.61. The van der Waals surface area contributed by atoms with E-state index in [9.17, 15) is 4.39 Å². The molecule has 2 aromatic heterocycles. The summed E-state index contributed by atoms with van der Waals surface area (Å²) in [6.07, 6.45) is 5.30. The monoisotopic (exact) mass is 573 g/mol. The van der Waals surface area contributed by atoms with E-state index in [4.69, 9.17) is 17.0 Å². The van der Waals surface area contributed by atoms with Gasteiger partial charge in [0.05, 0.1) is 18.5 Å². The van der Waals surface area contributed by atoms with Crippen molar-refractivity contribution in [3.05, 3.63) is 101 Å². The molecule has 0 bridgehead atoms. The van der Waals surface area contributed by atoms with Crippen molar-refractivity contribution in [1.29, 1.82) is 0 Å². The average Bonchev–Trinajstić information content (AvgIpc) is 3.33. The van der Waals surface area contributed by atoms with E-state index < -0.39 is 0 Å². The molecule has 0 fully saturated rings. The number of thiocarbonyl (C=S) groups is 1. The molecule has 186 valence electrons. The number of aryl methyl sites for hydroxylation is 2. The first-order valence-electron chi connectivity index (χ1n) is 12.3. The Morgan fingerprint density at radius 2 is 1.65 bits per heavy atom. The first-order valence-corrected chi connectivity index (χ1v) is 13.5. The summed E-state index contributed by atoms with van der Waals surface area (Å²) in [4.78, 5) is 0.617. The van der Waals surface area contributed by atoms with Crippen LogP contribution in [0.5, 0.6) is 5.75 Å². The van der Waals surface area contributed by atoms with Gasteiger partial charge in [0.15, 0.2) is 0 Å². The highest BCUT2D eigenvalue weighted by Gasteiger charge is 2.28. The molecule has 4 nitrogen and oxygen atoms in total. The summed E-state index contributed by atoms with van der Waals surface area (Å²) in [5.74, 6) is 0.537. The van der Waals surface area contributed by atoms with Crippen molar-refractivity contribution in [3.63, 3.8) is 0 Å². The molecule has 3 aromatic carbocycles. The topological polar surface area (TPSA) is 30.6 Å². The lowest BCUT2D eigenvalue weighted by Crippen LogP contribution is -2.14. The molecule has 0 radical (unpaired) electrons. The number of halogens is 2. The molecule has 3 heterocycles. The third kappa shape index (κ3) is 4.36. The number of imidazole rings is 1. The Kier molecular flexibility index (Phi) is 6.34. The Balaban J connectivity index is 1.57. The van der Waals surface area contributed by atoms with Gasteiger partial charge in [0, 0.05) is 34.0 Å². The van der Waals surface area contributed by atoms with E-state index in [1.807, 2.05) is 36.4 Å². The molecular weight excluding hydrogens is 549 g/mol. The highest BCUT2D eigenvalue weighted by Crippen LogP contribution is 2.40. The van der Waals surface area contributed by atoms with Crippen LogP contribution in [-0.4, -0.2) is 21.1 Å². The number of nitrogens with one attached hydrogen (secondary N) is 1. The van der Waals surface area contributed by atoms with Crippen molar-refractivity contribution in [3.8, 4) is 28.1 Å². The van der Waals surface area contributed by atoms with E-state index in [1.54, 1.807) is 7.11 Å². The molecule has 1 aliphatic heterocycles. The fraction of sp³-hybridized carbons (Fsp3) is 0.167. The largest absolute Gasteiger partial charge is 0.497 e. The molecule has 1 aliphatic rings. The maximum absolute atomic E-state index is 13.9. The number of aromatic nitrogens is 2. The summed E-state index contributed by atoms with van der Waals surface area (Å²) in [5.41, 5.74) is 8.55. The number of anilines is 1. The highest BCUT2D eigenvalue weighted by molar-refractivity contribution is 9.10. The van der Waals surface area contributed by atoms with Gasteiger partial charge in [-0.25, -0.2) is 4.39 Å². The van der Waals surface area contributed by atoms with Crippen LogP contribution in [0.3, 0.4) is 0 Å². The minimum Gasteiger partial charge on any atom is -0.497 e. The molecule has 7 heteroatoms. The number of ether oxygens (including phenoxy) is 1. The molecule has 5 aromatic rings. The van der Waals surface area contributed by atoms with Crippen LogP contribution in [0.15, 0.2) is 83.5 Å². The minimum absolute atomic E-state index is 0.249. The first kappa shape index (κ1) is 23.9. The Bertz CT molecular complexity index is 1600. The van der Waals surface area contributed by atoms with E-state index in [-0.39, 0.29) is 5.82 Å². The number of nitrogens with zero attached hydrogens (tertiary/aromatic N) is 2. The lowest BCUT2D eigenvalue weighted by molar-refractivity contribution is 0.415. The molecule has 1 N–H and O–H groups in total. The van der Waals surface area contributed by atoms with Crippen LogP contribution < -0.4 is 10.1 Å². The van der Waals surface area contributed by atoms with Gasteiger partial charge in [-0.15, -0.1) is 0 Å². The summed E-state index contributed by atoms with van der Waals surface area (Å²) in [6, 6.07) is 22.9. The summed E-state index contributed by atoms with van der Waals surface area (Å²) < 4.78 is 24.9. The molecule has 6 rings (SSSR count). The smallest absolute Gasteiger partial charge is 0.128 e. The fourth-order valence-electron chi connectivity index (χ4n) is 5.25. The maximum Gasteiger partial charge on any atom is 0.128 e. The third-order valence-corrected chi connectivity index (χ3v) is 7.79. The molecule has 0 unspecified atom stereocenters. The molecule has 37 heavy (non-hydrogen) atoms. The summed E-state index contributed by atoms with van der Waals surface area (Å²) in [5, 5.41) is 3.44. The van der Waals surface area contributed by atoms with Crippen molar-refractivity contribution in [2.24, 2.45) is 0 Å². The van der Waals surface area contributed by atoms with Gasteiger partial charge in [-0.1, -0.05) is 52.4 Å². The summed E-state index contributed by atoms with van der Waals surface area (Å²) in [7, 11) is 1.65. The number of benzene rings is 3. The van der Waals surface area contributed by atoms with Gasteiger partial charge in [0.1, 0.15) is 22.2 Å². The van der Waals surface area contributed by atoms with Gasteiger partial charge in [-0.2, -0.15) is 0 Å². The van der Waals surface area contributed by atoms with Crippen LogP contribution in [0.25, 0.3) is 28.0 Å². The van der Waals surface area contributed by atoms with Gasteiger partial charge < -0.3 is 14.6 Å². The number of hydrogen-bond donors (Lipinski definition) is 1. The fourth-order valence-corrected chi connectivity index (χ4v) is 5.83. The predicted octanol–water partition coefficient (Wildman–Crippen LogP) is 8.11. The zero-order valence-electron chi connectivity index (χ0n) is 20.3. The Labute approximate surface area is 228 Å². The molecule has 0 saturated heterocycles. The zero-order valence-corrected chi connectivity index (χ0v) is 22.7. The van der Waals surface area contributed by atoms with E-state index >= 15 is 0 Å². The highest BCUT2D eigenvalue weighted by atomic mass is 79.9. The van der Waals surface area contributed by atoms with E-state index in [0.717, 1.165) is 75.4 Å². The van der Waals surface area contributed by atoms with Crippen LogP contribution in [-0.2, 0) is 13.0 Å². The van der Waals surface area contributed by atoms with Crippen molar-refractivity contribution in [2.75, 3.05) is 12.4 Å². The van der Waals surface area contributed by atoms with Gasteiger partial charge in [0.2, 0.25) is 0 Å². The minimum atomic E-state index is -0.249. The predicted molar refractivity (Wildman–Crippen MR) is 155 cm³/mol. The Morgan fingerprint density at radius 3 is 2.35 bits per heavy atom. The van der Waals surface area contributed by atoms with Crippen molar-refractivity contribution < 1.29 is 9.13 Å². The molecule has 0 atom stereocenters. The van der Waals surface area contributed by atoms with Crippen molar-refractivity contribution >= 4 is 44.5 Å². The Hall–Kier alpha value is -3.42. The zero-order chi connectivity index (χ0) is 25.5. The van der Waals surface area contributed by atoms with Crippen LogP contribution in [0.4, 0.5) is 10.1 Å².